The molecule has 1 saturated carbocycles. The van der Waals surface area contributed by atoms with Gasteiger partial charge >= 0.3 is 0 Å². The van der Waals surface area contributed by atoms with Gasteiger partial charge in [-0.05, 0) is 54.7 Å². The molecule has 2 amide bonds. The first-order valence-corrected chi connectivity index (χ1v) is 14.3. The van der Waals surface area contributed by atoms with E-state index in [-0.39, 0.29) is 36.0 Å². The Morgan fingerprint density at radius 1 is 1.02 bits per heavy atom. The third-order valence-corrected chi connectivity index (χ3v) is 7.78. The smallest absolute Gasteiger partial charge is 0.269 e. The van der Waals surface area contributed by atoms with E-state index in [1.165, 1.54) is 30.7 Å². The number of hydrogen-bond donors (Lipinski definition) is 0. The van der Waals surface area contributed by atoms with Crippen molar-refractivity contribution >= 4 is 29.1 Å². The highest BCUT2D eigenvalue weighted by Crippen LogP contribution is 2.26. The van der Waals surface area contributed by atoms with Gasteiger partial charge in [0, 0.05) is 53.7 Å². The summed E-state index contributed by atoms with van der Waals surface area (Å²) in [5, 5.41) is 11.8. The molecule has 0 radical (unpaired) electrons. The van der Waals surface area contributed by atoms with Crippen LogP contribution in [0.1, 0.15) is 67.6 Å². The third kappa shape index (κ3) is 7.50. The van der Waals surface area contributed by atoms with Gasteiger partial charge in [0.2, 0.25) is 5.91 Å². The van der Waals surface area contributed by atoms with E-state index >= 15 is 0 Å². The highest BCUT2D eigenvalue weighted by Gasteiger charge is 2.29. The van der Waals surface area contributed by atoms with Crippen LogP contribution in [0.2, 0.25) is 5.02 Å². The zero-order valence-electron chi connectivity index (χ0n) is 23.2. The van der Waals surface area contributed by atoms with Crippen molar-refractivity contribution in [2.45, 2.75) is 65.1 Å². The van der Waals surface area contributed by atoms with Crippen LogP contribution in [-0.4, -0.2) is 50.2 Å². The Bertz CT molecular complexity index is 1310. The molecule has 1 aromatic heterocycles. The molecular formula is C31H37ClN4O4. The maximum absolute atomic E-state index is 14.0. The molecule has 2 aromatic carbocycles. The molecule has 4 rings (SSSR count). The van der Waals surface area contributed by atoms with Crippen LogP contribution in [-0.2, 0) is 17.9 Å². The van der Waals surface area contributed by atoms with Gasteiger partial charge in [0.15, 0.2) is 0 Å². The summed E-state index contributed by atoms with van der Waals surface area (Å²) in [6.07, 6.45) is 7.21. The van der Waals surface area contributed by atoms with E-state index in [4.69, 9.17) is 11.6 Å². The van der Waals surface area contributed by atoms with Crippen LogP contribution >= 0.6 is 11.6 Å². The van der Waals surface area contributed by atoms with Crippen LogP contribution < -0.4 is 0 Å². The first-order chi connectivity index (χ1) is 19.2. The zero-order chi connectivity index (χ0) is 28.6. The Morgan fingerprint density at radius 2 is 1.73 bits per heavy atom. The fourth-order valence-corrected chi connectivity index (χ4v) is 5.56. The Kier molecular flexibility index (Phi) is 9.98. The van der Waals surface area contributed by atoms with Crippen LogP contribution in [0, 0.1) is 16.0 Å². The standard InChI is InChI=1S/C31H37ClN4O4/c1-23(2)19-34(31(38)24-14-16-27(17-15-24)36(39)40)22-30(37)35(26-10-4-3-5-11-26)21-28-12-8-18-33(28)20-25-9-6-7-13-29(25)32/h6-9,12-18,23,26H,3-5,10-11,19-22H2,1-2H3. The highest BCUT2D eigenvalue weighted by molar-refractivity contribution is 6.31. The van der Waals surface area contributed by atoms with Gasteiger partial charge in [0.1, 0.15) is 6.54 Å². The van der Waals surface area contributed by atoms with Gasteiger partial charge in [-0.3, -0.25) is 19.7 Å². The lowest BCUT2D eigenvalue weighted by Crippen LogP contribution is -2.48. The van der Waals surface area contributed by atoms with Crippen LogP contribution in [0.5, 0.6) is 0 Å². The molecule has 0 aliphatic heterocycles. The highest BCUT2D eigenvalue weighted by atomic mass is 35.5. The molecular weight excluding hydrogens is 528 g/mol. The molecule has 1 aliphatic carbocycles. The van der Waals surface area contributed by atoms with Crippen molar-refractivity contribution in [1.29, 1.82) is 0 Å². The van der Waals surface area contributed by atoms with Crippen LogP contribution in [0.4, 0.5) is 5.69 Å². The van der Waals surface area contributed by atoms with Gasteiger partial charge in [-0.2, -0.15) is 0 Å². The van der Waals surface area contributed by atoms with Crippen molar-refractivity contribution in [3.05, 3.63) is 98.8 Å². The second-order valence-electron chi connectivity index (χ2n) is 10.9. The van der Waals surface area contributed by atoms with Gasteiger partial charge in [-0.1, -0.05) is 62.9 Å². The van der Waals surface area contributed by atoms with Crippen molar-refractivity contribution in [2.75, 3.05) is 13.1 Å². The number of carbonyl (C=O) groups excluding carboxylic acids is 2. The minimum absolute atomic E-state index is 0.0459. The number of carbonyl (C=O) groups is 2. The van der Waals surface area contributed by atoms with Crippen molar-refractivity contribution in [3.63, 3.8) is 0 Å². The van der Waals surface area contributed by atoms with Gasteiger partial charge < -0.3 is 14.4 Å². The number of amides is 2. The van der Waals surface area contributed by atoms with E-state index in [1.54, 1.807) is 4.90 Å². The number of nitro groups is 1. The Morgan fingerprint density at radius 3 is 2.38 bits per heavy atom. The second-order valence-corrected chi connectivity index (χ2v) is 11.3. The fourth-order valence-electron chi connectivity index (χ4n) is 5.37. The average Bonchev–Trinajstić information content (AvgIpc) is 3.38. The summed E-state index contributed by atoms with van der Waals surface area (Å²) in [7, 11) is 0. The quantitative estimate of drug-likeness (QED) is 0.195. The van der Waals surface area contributed by atoms with Crippen LogP contribution in [0.3, 0.4) is 0 Å². The molecule has 1 fully saturated rings. The fraction of sp³-hybridized carbons (Fsp3) is 0.419. The van der Waals surface area contributed by atoms with Crippen molar-refractivity contribution in [2.24, 2.45) is 5.92 Å². The van der Waals surface area contributed by atoms with Gasteiger partial charge in [-0.25, -0.2) is 0 Å². The first-order valence-electron chi connectivity index (χ1n) is 13.9. The topological polar surface area (TPSA) is 88.7 Å². The minimum atomic E-state index is -0.493. The molecule has 212 valence electrons. The Labute approximate surface area is 240 Å². The van der Waals surface area contributed by atoms with Crippen molar-refractivity contribution in [3.8, 4) is 0 Å². The minimum Gasteiger partial charge on any atom is -0.345 e. The number of nitro benzene ring substituents is 1. The van der Waals surface area contributed by atoms with Crippen LogP contribution in [0.15, 0.2) is 66.9 Å². The number of rotatable bonds is 11. The number of benzene rings is 2. The maximum Gasteiger partial charge on any atom is 0.269 e. The third-order valence-electron chi connectivity index (χ3n) is 7.41. The lowest BCUT2D eigenvalue weighted by molar-refractivity contribution is -0.384. The molecule has 1 heterocycles. The second kappa shape index (κ2) is 13.6. The Balaban J connectivity index is 1.56. The maximum atomic E-state index is 14.0. The lowest BCUT2D eigenvalue weighted by atomic mass is 9.94. The van der Waals surface area contributed by atoms with Crippen molar-refractivity contribution in [1.82, 2.24) is 14.4 Å². The molecule has 0 N–H and O–H groups in total. The molecule has 0 atom stereocenters. The van der Waals surface area contributed by atoms with Gasteiger partial charge in [-0.15, -0.1) is 0 Å². The number of non-ortho nitro benzene ring substituents is 1. The molecule has 3 aromatic rings. The van der Waals surface area contributed by atoms with Gasteiger partial charge in [0.05, 0.1) is 11.5 Å². The molecule has 9 heteroatoms. The van der Waals surface area contributed by atoms with Gasteiger partial charge in [0.25, 0.3) is 11.6 Å². The average molecular weight is 565 g/mol. The van der Waals surface area contributed by atoms with E-state index in [9.17, 15) is 19.7 Å². The summed E-state index contributed by atoms with van der Waals surface area (Å²) in [4.78, 5) is 41.5. The van der Waals surface area contributed by atoms with Crippen molar-refractivity contribution < 1.29 is 14.5 Å². The monoisotopic (exact) mass is 564 g/mol. The number of hydrogen-bond acceptors (Lipinski definition) is 4. The SMILES string of the molecule is CC(C)CN(CC(=O)N(Cc1cccn1Cc1ccccc1Cl)C1CCCCC1)C(=O)c1ccc([N+](=O)[O-])cc1. The summed E-state index contributed by atoms with van der Waals surface area (Å²) in [5.41, 5.74) is 2.27. The summed E-state index contributed by atoms with van der Waals surface area (Å²) < 4.78 is 2.12. The van der Waals surface area contributed by atoms with E-state index in [2.05, 4.69) is 4.57 Å². The molecule has 40 heavy (non-hydrogen) atoms. The zero-order valence-corrected chi connectivity index (χ0v) is 23.9. The number of aromatic nitrogens is 1. The summed E-state index contributed by atoms with van der Waals surface area (Å²) in [6.45, 7) is 5.41. The summed E-state index contributed by atoms with van der Waals surface area (Å²) in [6, 6.07) is 17.5. The number of halogens is 1. The first kappa shape index (κ1) is 29.3. The largest absolute Gasteiger partial charge is 0.345 e. The summed E-state index contributed by atoms with van der Waals surface area (Å²) in [5.74, 6) is -0.248. The predicted molar refractivity (Wildman–Crippen MR) is 156 cm³/mol. The van der Waals surface area contributed by atoms with E-state index < -0.39 is 4.92 Å². The normalized spacial score (nSPS) is 13.8. The van der Waals surface area contributed by atoms with E-state index in [0.717, 1.165) is 36.9 Å². The molecule has 0 spiro atoms. The van der Waals surface area contributed by atoms with Crippen LogP contribution in [0.25, 0.3) is 0 Å². The molecule has 0 bridgehead atoms. The molecule has 1 aliphatic rings. The molecule has 0 saturated heterocycles. The Hall–Kier alpha value is -3.65. The predicted octanol–water partition coefficient (Wildman–Crippen LogP) is 6.56. The molecule has 0 unspecified atom stereocenters. The summed E-state index contributed by atoms with van der Waals surface area (Å²) >= 11 is 6.43. The van der Waals surface area contributed by atoms with E-state index in [0.29, 0.717) is 30.2 Å². The lowest BCUT2D eigenvalue weighted by Gasteiger charge is -2.36. The molecule has 8 nitrogen and oxygen atoms in total. The number of nitrogens with zero attached hydrogens (tertiary/aromatic N) is 4. The van der Waals surface area contributed by atoms with E-state index in [1.807, 2.05) is 61.3 Å².